The Bertz CT molecular complexity index is 581. The van der Waals surface area contributed by atoms with Gasteiger partial charge in [0.05, 0.1) is 11.7 Å². The van der Waals surface area contributed by atoms with Crippen LogP contribution in [0, 0.1) is 13.8 Å². The van der Waals surface area contributed by atoms with Crippen LogP contribution in [0.4, 0.5) is 0 Å². The second-order valence-electron chi connectivity index (χ2n) is 6.22. The SMILES string of the molecule is Cc1cc(C)cc(C(c2ccccn2)N2CCCNCC2)c1. The summed E-state index contributed by atoms with van der Waals surface area (Å²) in [4.78, 5) is 7.22. The summed E-state index contributed by atoms with van der Waals surface area (Å²) in [5.74, 6) is 0. The van der Waals surface area contributed by atoms with Crippen LogP contribution in [0.3, 0.4) is 0 Å². The highest BCUT2D eigenvalue weighted by Gasteiger charge is 2.24. The van der Waals surface area contributed by atoms with E-state index in [1.807, 2.05) is 12.3 Å². The van der Waals surface area contributed by atoms with Crippen molar-refractivity contribution >= 4 is 0 Å². The molecule has 1 aliphatic rings. The molecule has 1 atom stereocenters. The summed E-state index contributed by atoms with van der Waals surface area (Å²) < 4.78 is 0. The van der Waals surface area contributed by atoms with E-state index in [0.717, 1.165) is 31.9 Å². The lowest BCUT2D eigenvalue weighted by Gasteiger charge is -2.31. The van der Waals surface area contributed by atoms with Crippen LogP contribution >= 0.6 is 0 Å². The highest BCUT2D eigenvalue weighted by atomic mass is 15.2. The van der Waals surface area contributed by atoms with Crippen molar-refractivity contribution < 1.29 is 0 Å². The van der Waals surface area contributed by atoms with Crippen LogP contribution in [0.2, 0.25) is 0 Å². The fraction of sp³-hybridized carbons (Fsp3) is 0.421. The molecule has 0 bridgehead atoms. The van der Waals surface area contributed by atoms with Gasteiger partial charge in [0.25, 0.3) is 0 Å². The van der Waals surface area contributed by atoms with E-state index in [9.17, 15) is 0 Å². The molecule has 0 saturated carbocycles. The largest absolute Gasteiger partial charge is 0.315 e. The smallest absolute Gasteiger partial charge is 0.0777 e. The van der Waals surface area contributed by atoms with Crippen LogP contribution in [-0.2, 0) is 0 Å². The van der Waals surface area contributed by atoms with Gasteiger partial charge >= 0.3 is 0 Å². The minimum Gasteiger partial charge on any atom is -0.315 e. The minimum atomic E-state index is 0.250. The molecule has 1 aliphatic heterocycles. The van der Waals surface area contributed by atoms with Crippen molar-refractivity contribution in [2.24, 2.45) is 0 Å². The number of rotatable bonds is 3. The summed E-state index contributed by atoms with van der Waals surface area (Å²) in [6, 6.07) is 13.3. The second kappa shape index (κ2) is 7.03. The zero-order valence-corrected chi connectivity index (χ0v) is 13.5. The summed E-state index contributed by atoms with van der Waals surface area (Å²) in [6.07, 6.45) is 3.09. The van der Waals surface area contributed by atoms with Crippen LogP contribution in [-0.4, -0.2) is 36.1 Å². The zero-order chi connectivity index (χ0) is 15.4. The molecular weight excluding hydrogens is 270 g/mol. The standard InChI is InChI=1S/C19H25N3/c1-15-12-16(2)14-17(13-15)19(18-6-3-4-8-21-18)22-10-5-7-20-9-11-22/h3-4,6,8,12-14,19-20H,5,7,9-11H2,1-2H3. The summed E-state index contributed by atoms with van der Waals surface area (Å²) in [7, 11) is 0. The van der Waals surface area contributed by atoms with E-state index in [4.69, 9.17) is 0 Å². The van der Waals surface area contributed by atoms with Crippen molar-refractivity contribution in [3.8, 4) is 0 Å². The van der Waals surface area contributed by atoms with Crippen molar-refractivity contribution in [2.75, 3.05) is 26.2 Å². The topological polar surface area (TPSA) is 28.2 Å². The maximum absolute atomic E-state index is 4.66. The Morgan fingerprint density at radius 2 is 1.86 bits per heavy atom. The Balaban J connectivity index is 2.01. The first-order chi connectivity index (χ1) is 10.7. The molecule has 0 spiro atoms. The van der Waals surface area contributed by atoms with Gasteiger partial charge < -0.3 is 5.32 Å². The maximum Gasteiger partial charge on any atom is 0.0777 e. The predicted molar refractivity (Wildman–Crippen MR) is 91.1 cm³/mol. The molecule has 1 N–H and O–H groups in total. The van der Waals surface area contributed by atoms with Gasteiger partial charge in [0.1, 0.15) is 0 Å². The van der Waals surface area contributed by atoms with E-state index in [1.54, 1.807) is 0 Å². The third kappa shape index (κ3) is 3.54. The van der Waals surface area contributed by atoms with Crippen molar-refractivity contribution in [1.29, 1.82) is 0 Å². The quantitative estimate of drug-likeness (QED) is 0.943. The first-order valence-electron chi connectivity index (χ1n) is 8.18. The van der Waals surface area contributed by atoms with E-state index in [-0.39, 0.29) is 6.04 Å². The van der Waals surface area contributed by atoms with Crippen LogP contribution in [0.15, 0.2) is 42.6 Å². The van der Waals surface area contributed by atoms with Gasteiger partial charge in [-0.05, 0) is 44.5 Å². The predicted octanol–water partition coefficient (Wildman–Crippen LogP) is 3.08. The normalized spacial score (nSPS) is 17.9. The Labute approximate surface area is 133 Å². The summed E-state index contributed by atoms with van der Waals surface area (Å²) in [5, 5.41) is 3.50. The van der Waals surface area contributed by atoms with Gasteiger partial charge in [0.15, 0.2) is 0 Å². The molecule has 0 aliphatic carbocycles. The molecule has 0 radical (unpaired) electrons. The van der Waals surface area contributed by atoms with Gasteiger partial charge in [-0.1, -0.05) is 35.4 Å². The minimum absolute atomic E-state index is 0.250. The van der Waals surface area contributed by atoms with Crippen molar-refractivity contribution in [3.63, 3.8) is 0 Å². The monoisotopic (exact) mass is 295 g/mol. The fourth-order valence-corrected chi connectivity index (χ4v) is 3.40. The molecule has 1 saturated heterocycles. The average Bonchev–Trinajstić information content (AvgIpc) is 2.77. The van der Waals surface area contributed by atoms with E-state index in [1.165, 1.54) is 23.1 Å². The van der Waals surface area contributed by atoms with Gasteiger partial charge in [0.2, 0.25) is 0 Å². The van der Waals surface area contributed by atoms with Crippen LogP contribution < -0.4 is 5.32 Å². The lowest BCUT2D eigenvalue weighted by molar-refractivity contribution is 0.237. The van der Waals surface area contributed by atoms with E-state index in [0.29, 0.717) is 0 Å². The summed E-state index contributed by atoms with van der Waals surface area (Å²) in [6.45, 7) is 8.69. The third-order valence-corrected chi connectivity index (χ3v) is 4.27. The van der Waals surface area contributed by atoms with Crippen LogP contribution in [0.25, 0.3) is 0 Å². The number of nitrogens with zero attached hydrogens (tertiary/aromatic N) is 2. The molecule has 3 rings (SSSR count). The van der Waals surface area contributed by atoms with Gasteiger partial charge in [-0.3, -0.25) is 9.88 Å². The Kier molecular flexibility index (Phi) is 4.86. The molecule has 3 heteroatoms. The van der Waals surface area contributed by atoms with E-state index >= 15 is 0 Å². The van der Waals surface area contributed by atoms with Crippen molar-refractivity contribution in [2.45, 2.75) is 26.3 Å². The highest BCUT2D eigenvalue weighted by molar-refractivity contribution is 5.35. The molecule has 1 aromatic heterocycles. The van der Waals surface area contributed by atoms with Crippen molar-refractivity contribution in [3.05, 3.63) is 65.0 Å². The Hall–Kier alpha value is -1.71. The molecule has 1 fully saturated rings. The molecule has 2 aromatic rings. The first-order valence-corrected chi connectivity index (χ1v) is 8.18. The number of nitrogens with one attached hydrogen (secondary N) is 1. The van der Waals surface area contributed by atoms with Gasteiger partial charge in [-0.25, -0.2) is 0 Å². The van der Waals surface area contributed by atoms with Crippen LogP contribution in [0.1, 0.15) is 34.8 Å². The van der Waals surface area contributed by atoms with Gasteiger partial charge in [0, 0.05) is 25.8 Å². The van der Waals surface area contributed by atoms with Crippen LogP contribution in [0.5, 0.6) is 0 Å². The molecule has 3 nitrogen and oxygen atoms in total. The van der Waals surface area contributed by atoms with E-state index < -0.39 is 0 Å². The van der Waals surface area contributed by atoms with Gasteiger partial charge in [-0.2, -0.15) is 0 Å². The van der Waals surface area contributed by atoms with Gasteiger partial charge in [-0.15, -0.1) is 0 Å². The number of pyridine rings is 1. The molecular formula is C19H25N3. The molecule has 116 valence electrons. The average molecular weight is 295 g/mol. The molecule has 1 aromatic carbocycles. The zero-order valence-electron chi connectivity index (χ0n) is 13.5. The summed E-state index contributed by atoms with van der Waals surface area (Å²) in [5.41, 5.74) is 5.15. The second-order valence-corrected chi connectivity index (χ2v) is 6.22. The van der Waals surface area contributed by atoms with E-state index in [2.05, 4.69) is 59.4 Å². The number of hydrogen-bond donors (Lipinski definition) is 1. The first kappa shape index (κ1) is 15.2. The Morgan fingerprint density at radius 3 is 2.59 bits per heavy atom. The lowest BCUT2D eigenvalue weighted by atomic mass is 9.97. The van der Waals surface area contributed by atoms with Crippen molar-refractivity contribution in [1.82, 2.24) is 15.2 Å². The molecule has 2 heterocycles. The number of aromatic nitrogens is 1. The number of benzene rings is 1. The molecule has 0 amide bonds. The number of aryl methyl sites for hydroxylation is 2. The third-order valence-electron chi connectivity index (χ3n) is 4.27. The lowest BCUT2D eigenvalue weighted by Crippen LogP contribution is -2.33. The Morgan fingerprint density at radius 1 is 1.05 bits per heavy atom. The summed E-state index contributed by atoms with van der Waals surface area (Å²) >= 11 is 0. The fourth-order valence-electron chi connectivity index (χ4n) is 3.40. The number of hydrogen-bond acceptors (Lipinski definition) is 3. The highest BCUT2D eigenvalue weighted by Crippen LogP contribution is 2.29. The molecule has 22 heavy (non-hydrogen) atoms. The molecule has 1 unspecified atom stereocenters. The maximum atomic E-state index is 4.66.